The summed E-state index contributed by atoms with van der Waals surface area (Å²) in [7, 11) is 0. The summed E-state index contributed by atoms with van der Waals surface area (Å²) in [6.07, 6.45) is 8.66. The van der Waals surface area contributed by atoms with E-state index in [1.54, 1.807) is 0 Å². The molecule has 1 saturated carbocycles. The summed E-state index contributed by atoms with van der Waals surface area (Å²) < 4.78 is 0. The Kier molecular flexibility index (Phi) is 3.82. The maximum absolute atomic E-state index is 2.48. The third kappa shape index (κ3) is 3.32. The zero-order valence-electron chi connectivity index (χ0n) is 9.90. The Hall–Kier alpha value is 0. The monoisotopic (exact) mass is 182 g/mol. The van der Waals surface area contributed by atoms with Gasteiger partial charge in [-0.25, -0.2) is 0 Å². The topological polar surface area (TPSA) is 0 Å². The number of hydrogen-bond donors (Lipinski definition) is 0. The van der Waals surface area contributed by atoms with Crippen LogP contribution in [0.4, 0.5) is 0 Å². The highest BCUT2D eigenvalue weighted by atomic mass is 14.4. The van der Waals surface area contributed by atoms with Crippen molar-refractivity contribution in [2.75, 3.05) is 0 Å². The van der Waals surface area contributed by atoms with Crippen LogP contribution in [0.1, 0.15) is 66.2 Å². The van der Waals surface area contributed by atoms with E-state index in [1.165, 1.54) is 38.5 Å². The van der Waals surface area contributed by atoms with Gasteiger partial charge in [0.15, 0.2) is 0 Å². The summed E-state index contributed by atoms with van der Waals surface area (Å²) in [6.45, 7) is 9.57. The van der Waals surface area contributed by atoms with E-state index in [1.807, 2.05) is 0 Å². The molecule has 1 aliphatic carbocycles. The molecular weight excluding hydrogens is 156 g/mol. The highest BCUT2D eigenvalue weighted by molar-refractivity contribution is 4.88. The molecule has 0 aliphatic heterocycles. The van der Waals surface area contributed by atoms with Gasteiger partial charge in [-0.05, 0) is 36.5 Å². The van der Waals surface area contributed by atoms with Crippen LogP contribution in [-0.4, -0.2) is 0 Å². The van der Waals surface area contributed by atoms with E-state index in [0.717, 1.165) is 17.3 Å². The van der Waals surface area contributed by atoms with E-state index in [9.17, 15) is 0 Å². The molecule has 0 aromatic carbocycles. The fourth-order valence-electron chi connectivity index (χ4n) is 3.06. The van der Waals surface area contributed by atoms with Crippen molar-refractivity contribution >= 4 is 0 Å². The standard InChI is InChI=1S/C13H26/c1-5-6-11(2)7-8-13(4)9-12(3)10-13/h11-12H,5-10H2,1-4H3. The van der Waals surface area contributed by atoms with Gasteiger partial charge in [0.05, 0.1) is 0 Å². The van der Waals surface area contributed by atoms with Crippen LogP contribution < -0.4 is 0 Å². The summed E-state index contributed by atoms with van der Waals surface area (Å²) in [5, 5.41) is 0. The zero-order valence-corrected chi connectivity index (χ0v) is 9.90. The third-order valence-corrected chi connectivity index (χ3v) is 3.70. The third-order valence-electron chi connectivity index (χ3n) is 3.70. The number of hydrogen-bond acceptors (Lipinski definition) is 0. The SMILES string of the molecule is CCCC(C)CCC1(C)CC(C)C1. The Bertz CT molecular complexity index is 142. The van der Waals surface area contributed by atoms with Gasteiger partial charge in [-0.1, -0.05) is 47.0 Å². The molecule has 0 aromatic heterocycles. The van der Waals surface area contributed by atoms with Gasteiger partial charge in [0, 0.05) is 0 Å². The Balaban J connectivity index is 2.12. The molecule has 0 amide bonds. The Labute approximate surface area is 84.1 Å². The zero-order chi connectivity index (χ0) is 9.90. The molecule has 1 atom stereocenters. The average Bonchev–Trinajstić information content (AvgIpc) is 1.99. The van der Waals surface area contributed by atoms with Crippen molar-refractivity contribution in [2.45, 2.75) is 66.2 Å². The fraction of sp³-hybridized carbons (Fsp3) is 1.00. The van der Waals surface area contributed by atoms with Gasteiger partial charge in [-0.3, -0.25) is 0 Å². The smallest absolute Gasteiger partial charge is 0.0321 e. The molecule has 1 unspecified atom stereocenters. The lowest BCUT2D eigenvalue weighted by Crippen LogP contribution is -2.33. The molecule has 0 radical (unpaired) electrons. The molecular formula is C13H26. The van der Waals surface area contributed by atoms with E-state index < -0.39 is 0 Å². The summed E-state index contributed by atoms with van der Waals surface area (Å²) in [6, 6.07) is 0. The van der Waals surface area contributed by atoms with Crippen LogP contribution >= 0.6 is 0 Å². The quantitative estimate of drug-likeness (QED) is 0.581. The van der Waals surface area contributed by atoms with Crippen molar-refractivity contribution < 1.29 is 0 Å². The van der Waals surface area contributed by atoms with Crippen LogP contribution in [0.5, 0.6) is 0 Å². The van der Waals surface area contributed by atoms with Crippen molar-refractivity contribution in [3.63, 3.8) is 0 Å². The Morgan fingerprint density at radius 3 is 2.38 bits per heavy atom. The van der Waals surface area contributed by atoms with Gasteiger partial charge >= 0.3 is 0 Å². The highest BCUT2D eigenvalue weighted by Gasteiger charge is 2.36. The van der Waals surface area contributed by atoms with E-state index >= 15 is 0 Å². The van der Waals surface area contributed by atoms with Crippen LogP contribution in [-0.2, 0) is 0 Å². The summed E-state index contributed by atoms with van der Waals surface area (Å²) in [4.78, 5) is 0. The minimum atomic E-state index is 0.724. The minimum absolute atomic E-state index is 0.724. The molecule has 0 heteroatoms. The maximum Gasteiger partial charge on any atom is -0.0321 e. The van der Waals surface area contributed by atoms with Gasteiger partial charge in [-0.2, -0.15) is 0 Å². The first kappa shape index (κ1) is 11.1. The molecule has 0 bridgehead atoms. The first-order valence-electron chi connectivity index (χ1n) is 6.06. The van der Waals surface area contributed by atoms with Crippen molar-refractivity contribution in [1.29, 1.82) is 0 Å². The first-order valence-corrected chi connectivity index (χ1v) is 6.06. The molecule has 0 nitrogen and oxygen atoms in total. The normalized spacial score (nSPS) is 35.5. The fourth-order valence-corrected chi connectivity index (χ4v) is 3.06. The van der Waals surface area contributed by atoms with Gasteiger partial charge in [0.2, 0.25) is 0 Å². The van der Waals surface area contributed by atoms with Crippen molar-refractivity contribution in [1.82, 2.24) is 0 Å². The Morgan fingerprint density at radius 2 is 1.92 bits per heavy atom. The van der Waals surface area contributed by atoms with Gasteiger partial charge in [-0.15, -0.1) is 0 Å². The van der Waals surface area contributed by atoms with E-state index in [2.05, 4.69) is 27.7 Å². The first-order chi connectivity index (χ1) is 6.06. The predicted molar refractivity (Wildman–Crippen MR) is 59.8 cm³/mol. The second-order valence-corrected chi connectivity index (χ2v) is 5.76. The van der Waals surface area contributed by atoms with Crippen LogP contribution in [0.3, 0.4) is 0 Å². The lowest BCUT2D eigenvalue weighted by molar-refractivity contribution is 0.0695. The molecule has 13 heavy (non-hydrogen) atoms. The van der Waals surface area contributed by atoms with E-state index in [4.69, 9.17) is 0 Å². The highest BCUT2D eigenvalue weighted by Crippen LogP contribution is 2.48. The van der Waals surface area contributed by atoms with Crippen molar-refractivity contribution in [2.24, 2.45) is 17.3 Å². The van der Waals surface area contributed by atoms with Gasteiger partial charge in [0.1, 0.15) is 0 Å². The second kappa shape index (κ2) is 4.48. The predicted octanol–water partition coefficient (Wildman–Crippen LogP) is 4.64. The lowest BCUT2D eigenvalue weighted by Gasteiger charge is -2.44. The Morgan fingerprint density at radius 1 is 1.31 bits per heavy atom. The van der Waals surface area contributed by atoms with Gasteiger partial charge in [0.25, 0.3) is 0 Å². The summed E-state index contributed by atoms with van der Waals surface area (Å²) in [5.74, 6) is 1.96. The minimum Gasteiger partial charge on any atom is -0.0654 e. The van der Waals surface area contributed by atoms with Crippen molar-refractivity contribution in [3.8, 4) is 0 Å². The van der Waals surface area contributed by atoms with Crippen LogP contribution in [0.25, 0.3) is 0 Å². The van der Waals surface area contributed by atoms with Crippen molar-refractivity contribution in [3.05, 3.63) is 0 Å². The second-order valence-electron chi connectivity index (χ2n) is 5.76. The maximum atomic E-state index is 2.48. The average molecular weight is 182 g/mol. The molecule has 1 rings (SSSR count). The van der Waals surface area contributed by atoms with Crippen LogP contribution in [0.15, 0.2) is 0 Å². The molecule has 1 aliphatic rings. The van der Waals surface area contributed by atoms with Crippen LogP contribution in [0.2, 0.25) is 0 Å². The molecule has 0 heterocycles. The lowest BCUT2D eigenvalue weighted by atomic mass is 9.61. The molecule has 0 aromatic rings. The van der Waals surface area contributed by atoms with Crippen LogP contribution in [0, 0.1) is 17.3 Å². The summed E-state index contributed by atoms with van der Waals surface area (Å²) in [5.41, 5.74) is 0.724. The molecule has 0 N–H and O–H groups in total. The molecule has 78 valence electrons. The van der Waals surface area contributed by atoms with E-state index in [0.29, 0.717) is 0 Å². The molecule has 1 fully saturated rings. The molecule has 0 spiro atoms. The summed E-state index contributed by atoms with van der Waals surface area (Å²) >= 11 is 0. The largest absolute Gasteiger partial charge is 0.0654 e. The molecule has 0 saturated heterocycles. The van der Waals surface area contributed by atoms with Gasteiger partial charge < -0.3 is 0 Å². The van der Waals surface area contributed by atoms with E-state index in [-0.39, 0.29) is 0 Å². The number of rotatable bonds is 5.